The highest BCUT2D eigenvalue weighted by atomic mass is 35.5. The number of hydrogen-bond donors (Lipinski definition) is 2. The van der Waals surface area contributed by atoms with Crippen LogP contribution in [0.25, 0.3) is 87.0 Å². The highest BCUT2D eigenvalue weighted by molar-refractivity contribution is 6.45. The maximum atomic E-state index is 17.0. The molecule has 0 fully saturated rings. The van der Waals surface area contributed by atoms with Gasteiger partial charge in [0, 0.05) is 64.6 Å². The third-order valence-corrected chi connectivity index (χ3v) is 24.3. The molecular formula is C106H94Cl2N4O16. The van der Waals surface area contributed by atoms with Crippen molar-refractivity contribution in [2.24, 2.45) is 0 Å². The van der Waals surface area contributed by atoms with E-state index in [9.17, 15) is 9.59 Å². The van der Waals surface area contributed by atoms with Crippen LogP contribution in [0.3, 0.4) is 0 Å². The molecule has 0 aliphatic carbocycles. The van der Waals surface area contributed by atoms with Gasteiger partial charge in [0.1, 0.15) is 104 Å². The fraction of sp³-hybridized carbons (Fsp3) is 0.245. The van der Waals surface area contributed by atoms with Crippen molar-refractivity contribution >= 4 is 158 Å². The molecule has 0 saturated heterocycles. The number of fused-ring (bicyclic) bond motifs is 8. The number of benzene rings is 13. The molecule has 648 valence electrons. The molecule has 0 radical (unpaired) electrons. The molecule has 2 atom stereocenters. The number of para-hydroxylation sites is 4. The van der Waals surface area contributed by atoms with Crippen LogP contribution in [0.4, 0.5) is 0 Å². The third kappa shape index (κ3) is 16.2. The minimum absolute atomic E-state index is 0.00431. The fourth-order valence-electron chi connectivity index (χ4n) is 17.4. The van der Waals surface area contributed by atoms with Gasteiger partial charge in [-0.3, -0.25) is 38.6 Å². The molecular weight excluding hydrogens is 1660 g/mol. The van der Waals surface area contributed by atoms with Crippen molar-refractivity contribution < 1.29 is 75.6 Å². The number of furan rings is 2. The molecule has 2 aliphatic rings. The molecule has 15 aromatic rings. The first kappa shape index (κ1) is 86.3. The molecule has 4 heterocycles. The van der Waals surface area contributed by atoms with Gasteiger partial charge in [-0.1, -0.05) is 241 Å². The number of halogens is 2. The van der Waals surface area contributed by atoms with Gasteiger partial charge in [0.25, 0.3) is 23.6 Å². The molecule has 2 unspecified atom stereocenters. The van der Waals surface area contributed by atoms with E-state index in [0.717, 1.165) is 53.6 Å². The number of carbonyl (C=O) groups is 8. The molecule has 0 bridgehead atoms. The Hall–Kier alpha value is -13.8. The lowest BCUT2D eigenvalue weighted by Gasteiger charge is -2.36. The number of hydrogen-bond acceptors (Lipinski definition) is 16. The smallest absolute Gasteiger partial charge is 0.349 e. The van der Waals surface area contributed by atoms with E-state index in [0.29, 0.717) is 56.5 Å². The molecule has 17 rings (SSSR count). The molecule has 128 heavy (non-hydrogen) atoms. The van der Waals surface area contributed by atoms with Gasteiger partial charge in [-0.05, 0) is 166 Å². The lowest BCUT2D eigenvalue weighted by Crippen LogP contribution is -2.54. The van der Waals surface area contributed by atoms with Gasteiger partial charge >= 0.3 is 11.9 Å². The van der Waals surface area contributed by atoms with E-state index in [1.165, 1.54) is 0 Å². The second-order valence-electron chi connectivity index (χ2n) is 36.7. The minimum Gasteiger partial charge on any atom is -0.460 e. The average molecular weight is 1750 g/mol. The quantitative estimate of drug-likeness (QED) is 0.0128. The molecule has 22 heteroatoms. The molecule has 2 N–H and O–H groups in total. The van der Waals surface area contributed by atoms with E-state index in [1.54, 1.807) is 24.3 Å². The van der Waals surface area contributed by atoms with E-state index in [-0.39, 0.29) is 172 Å². The van der Waals surface area contributed by atoms with Crippen LogP contribution in [-0.4, -0.2) is 95.6 Å². The molecule has 2 aliphatic heterocycles. The zero-order valence-corrected chi connectivity index (χ0v) is 74.5. The summed E-state index contributed by atoms with van der Waals surface area (Å²) in [6.45, 7) is 30.7. The van der Waals surface area contributed by atoms with Crippen LogP contribution in [0.5, 0.6) is 46.0 Å². The Morgan fingerprint density at radius 1 is 0.359 bits per heavy atom. The van der Waals surface area contributed by atoms with Crippen LogP contribution in [-0.2, 0) is 63.2 Å². The Kier molecular flexibility index (Phi) is 22.6. The van der Waals surface area contributed by atoms with Gasteiger partial charge in [0.2, 0.25) is 11.8 Å². The van der Waals surface area contributed by atoms with Crippen LogP contribution in [0.1, 0.15) is 171 Å². The predicted molar refractivity (Wildman–Crippen MR) is 499 cm³/mol. The first-order valence-corrected chi connectivity index (χ1v) is 43.4. The summed E-state index contributed by atoms with van der Waals surface area (Å²) in [5.41, 5.74) is 5.86. The molecule has 13 aromatic carbocycles. The summed E-state index contributed by atoms with van der Waals surface area (Å²) in [4.78, 5) is 127. The molecule has 6 amide bonds. The number of esters is 2. The zero-order chi connectivity index (χ0) is 90.5. The van der Waals surface area contributed by atoms with Crippen molar-refractivity contribution in [3.63, 3.8) is 0 Å². The number of nitrogens with zero attached hydrogens (tertiary/aromatic N) is 2. The summed E-state index contributed by atoms with van der Waals surface area (Å²) in [7, 11) is 0. The topological polar surface area (TPSA) is 249 Å². The molecule has 0 saturated carbocycles. The Morgan fingerprint density at radius 3 is 0.906 bits per heavy atom. The number of aryl methyl sites for hydroxylation is 2. The second-order valence-corrected chi connectivity index (χ2v) is 37.6. The third-order valence-electron chi connectivity index (χ3n) is 24.0. The van der Waals surface area contributed by atoms with Crippen molar-refractivity contribution in [2.45, 2.75) is 143 Å². The van der Waals surface area contributed by atoms with Gasteiger partial charge < -0.3 is 47.9 Å². The van der Waals surface area contributed by atoms with Crippen molar-refractivity contribution in [3.05, 3.63) is 285 Å². The fourth-order valence-corrected chi connectivity index (χ4v) is 17.5. The highest BCUT2D eigenvalue weighted by Crippen LogP contribution is 2.59. The van der Waals surface area contributed by atoms with E-state index in [4.69, 9.17) is 60.5 Å². The molecule has 20 nitrogen and oxygen atoms in total. The SMILES string of the molecule is C=C(Cl)C(=O)OCCNC(=O)C(CCc1cccc2c1oc1ccccc12)N1C(=O)c2cc(Oc3ccc(C(C)(C)C)cc3)c3c4c(Oc5ccc(C(C)(C)C)cc5)cc5c6c(cc(Oc7ccc(C(C)(C)C)cc7)c(c7c(Oc8ccc(C(C)(C)C)cc8)cc(c2c37)C1=O)c64)C(=O)N(C(CCc1cccc2c1oc1ccccc12)C(=O)NCCOC(=O)C(=C)Cl)C5=O. The standard InChI is InChI=1S/C106H94Cl2N4O16/c1-57(107)101(119)121-51-49-109-95(113)77(47-29-59-21-19-25-71-69-23-15-17-27-79(69)127-93(59)71)111-97(115)73-53-81(123-65-39-31-61(32-40-65)103(3,4)5)87-89-83(125-67-43-35-63(36-44-67)105(9,10)11)55-75-86-76(100(118)112(99(75)117)78(96(114)110-50-52-122-102(120)58(2)108)48-30-60-22-20-26-72-70-24-16-18-28-80(70)128-94(60)72)56-84(126-68-45-37-64(38-46-68)106(12,13)14)90(92(86)89)88-82(54-74(98(111)116)85(73)91(87)88)124-66-41-33-62(34-42-66)104(6,7)8/h15-28,31-46,53-56,77-78H,1-2,29-30,47-52H2,3-14H3,(H,109,113)(H,110,114). The summed E-state index contributed by atoms with van der Waals surface area (Å²) < 4.78 is 53.6. The summed E-state index contributed by atoms with van der Waals surface area (Å²) in [5, 5.41) is 9.72. The van der Waals surface area contributed by atoms with Gasteiger partial charge in [0.05, 0.1) is 35.3 Å². The van der Waals surface area contributed by atoms with Gasteiger partial charge in [-0.25, -0.2) is 9.59 Å². The lowest BCUT2D eigenvalue weighted by molar-refractivity contribution is -0.139. The van der Waals surface area contributed by atoms with E-state index in [1.807, 2.05) is 182 Å². The Bertz CT molecular complexity index is 6450. The van der Waals surface area contributed by atoms with Crippen LogP contribution < -0.4 is 29.6 Å². The highest BCUT2D eigenvalue weighted by Gasteiger charge is 2.47. The monoisotopic (exact) mass is 1750 g/mol. The first-order chi connectivity index (χ1) is 61.0. The first-order valence-electron chi connectivity index (χ1n) is 42.6. The maximum Gasteiger partial charge on any atom is 0.349 e. The van der Waals surface area contributed by atoms with E-state index < -0.39 is 59.5 Å². The number of nitrogens with one attached hydrogen (secondary N) is 2. The van der Waals surface area contributed by atoms with Crippen LogP contribution in [0.15, 0.2) is 238 Å². The van der Waals surface area contributed by atoms with Crippen LogP contribution in [0.2, 0.25) is 0 Å². The Morgan fingerprint density at radius 2 is 0.633 bits per heavy atom. The van der Waals surface area contributed by atoms with Crippen molar-refractivity contribution in [3.8, 4) is 46.0 Å². The maximum absolute atomic E-state index is 17.0. The number of rotatable bonds is 26. The number of ether oxygens (including phenoxy) is 6. The average Bonchev–Trinajstić information content (AvgIpc) is 0.748. The largest absolute Gasteiger partial charge is 0.460 e. The summed E-state index contributed by atoms with van der Waals surface area (Å²) >= 11 is 11.9. The normalized spacial score (nSPS) is 13.6. The molecule has 0 spiro atoms. The Balaban J connectivity index is 0.960. The predicted octanol–water partition coefficient (Wildman–Crippen LogP) is 23.9. The van der Waals surface area contributed by atoms with Gasteiger partial charge in [0.15, 0.2) is 0 Å². The van der Waals surface area contributed by atoms with E-state index in [2.05, 4.69) is 107 Å². The lowest BCUT2D eigenvalue weighted by atomic mass is 9.80. The summed E-state index contributed by atoms with van der Waals surface area (Å²) in [6, 6.07) is 59.6. The van der Waals surface area contributed by atoms with Gasteiger partial charge in [-0.2, -0.15) is 0 Å². The zero-order valence-electron chi connectivity index (χ0n) is 73.0. The minimum atomic E-state index is -1.61. The second kappa shape index (κ2) is 33.5. The Labute approximate surface area is 748 Å². The van der Waals surface area contributed by atoms with Crippen LogP contribution in [0, 0.1) is 0 Å². The van der Waals surface area contributed by atoms with Crippen molar-refractivity contribution in [1.29, 1.82) is 0 Å². The van der Waals surface area contributed by atoms with Crippen LogP contribution >= 0.6 is 23.2 Å². The molecule has 2 aromatic heterocycles. The number of imide groups is 2. The van der Waals surface area contributed by atoms with Gasteiger partial charge in [-0.15, -0.1) is 0 Å². The van der Waals surface area contributed by atoms with E-state index >= 15 is 28.8 Å². The van der Waals surface area contributed by atoms with Crippen molar-refractivity contribution in [1.82, 2.24) is 20.4 Å². The summed E-state index contributed by atoms with van der Waals surface area (Å²) in [6.07, 6.45) is -0.170. The number of amides is 6. The summed E-state index contributed by atoms with van der Waals surface area (Å²) in [5.74, 6) is -5.81. The van der Waals surface area contributed by atoms with Crippen molar-refractivity contribution in [2.75, 3.05) is 26.3 Å². The number of carbonyl (C=O) groups excluding carboxylic acids is 8.